The summed E-state index contributed by atoms with van der Waals surface area (Å²) < 4.78 is 6.87. The zero-order valence-electron chi connectivity index (χ0n) is 9.99. The average molecular weight is 225 g/mol. The number of amides is 1. The number of aryl methyl sites for hydroxylation is 1. The molecule has 1 unspecified atom stereocenters. The summed E-state index contributed by atoms with van der Waals surface area (Å²) >= 11 is 0. The topological polar surface area (TPSA) is 69.3 Å². The first-order valence-corrected chi connectivity index (χ1v) is 5.35. The average Bonchev–Trinajstić information content (AvgIpc) is 2.66. The summed E-state index contributed by atoms with van der Waals surface area (Å²) in [5.74, 6) is -0.123. The Hall–Kier alpha value is -1.49. The van der Waals surface area contributed by atoms with Crippen LogP contribution in [0.3, 0.4) is 0 Å². The van der Waals surface area contributed by atoms with Gasteiger partial charge in [-0.2, -0.15) is 0 Å². The van der Waals surface area contributed by atoms with Crippen LogP contribution in [-0.4, -0.2) is 30.2 Å². The van der Waals surface area contributed by atoms with Crippen LogP contribution >= 0.6 is 0 Å². The van der Waals surface area contributed by atoms with Crippen LogP contribution in [0.15, 0.2) is 12.3 Å². The minimum Gasteiger partial charge on any atom is -0.397 e. The van der Waals surface area contributed by atoms with E-state index >= 15 is 0 Å². The molecule has 1 amide bonds. The third-order valence-electron chi connectivity index (χ3n) is 2.44. The Morgan fingerprint density at radius 3 is 2.94 bits per heavy atom. The maximum absolute atomic E-state index is 11.8. The van der Waals surface area contributed by atoms with Crippen molar-refractivity contribution < 1.29 is 9.53 Å². The molecule has 3 N–H and O–H groups in total. The van der Waals surface area contributed by atoms with Gasteiger partial charge in [-0.05, 0) is 19.9 Å². The summed E-state index contributed by atoms with van der Waals surface area (Å²) in [6.07, 6.45) is 1.76. The Kier molecular flexibility index (Phi) is 4.37. The van der Waals surface area contributed by atoms with Crippen LogP contribution in [0, 0.1) is 0 Å². The second-order valence-electron chi connectivity index (χ2n) is 3.70. The predicted octanol–water partition coefficient (Wildman–Crippen LogP) is 0.855. The fourth-order valence-electron chi connectivity index (χ4n) is 1.40. The molecule has 0 aliphatic carbocycles. The van der Waals surface area contributed by atoms with E-state index in [0.29, 0.717) is 17.9 Å². The summed E-state index contributed by atoms with van der Waals surface area (Å²) in [6.45, 7) is 5.07. The molecule has 5 heteroatoms. The van der Waals surface area contributed by atoms with Gasteiger partial charge < -0.3 is 20.4 Å². The lowest BCUT2D eigenvalue weighted by atomic mass is 10.3. The van der Waals surface area contributed by atoms with Crippen molar-refractivity contribution in [1.29, 1.82) is 0 Å². The highest BCUT2D eigenvalue weighted by molar-refractivity contribution is 5.93. The number of hydrogen-bond donors (Lipinski definition) is 2. The quantitative estimate of drug-likeness (QED) is 0.780. The molecule has 1 rings (SSSR count). The molecular weight excluding hydrogens is 206 g/mol. The van der Waals surface area contributed by atoms with Crippen LogP contribution in [-0.2, 0) is 11.3 Å². The van der Waals surface area contributed by atoms with E-state index in [1.54, 1.807) is 19.4 Å². The lowest BCUT2D eigenvalue weighted by molar-refractivity contribution is 0.0862. The normalized spacial score (nSPS) is 12.4. The van der Waals surface area contributed by atoms with Crippen LogP contribution in [0.2, 0.25) is 0 Å². The maximum atomic E-state index is 11.8. The number of carbonyl (C=O) groups is 1. The molecule has 0 saturated heterocycles. The van der Waals surface area contributed by atoms with E-state index in [0.717, 1.165) is 6.54 Å². The van der Waals surface area contributed by atoms with E-state index in [-0.39, 0.29) is 12.0 Å². The van der Waals surface area contributed by atoms with Gasteiger partial charge in [-0.3, -0.25) is 4.79 Å². The third kappa shape index (κ3) is 3.00. The second-order valence-corrected chi connectivity index (χ2v) is 3.70. The Morgan fingerprint density at radius 2 is 2.38 bits per heavy atom. The molecule has 1 atom stereocenters. The van der Waals surface area contributed by atoms with Crippen LogP contribution in [0.1, 0.15) is 24.3 Å². The van der Waals surface area contributed by atoms with Gasteiger partial charge in [-0.1, -0.05) is 0 Å². The summed E-state index contributed by atoms with van der Waals surface area (Å²) in [6, 6.07) is 1.68. The van der Waals surface area contributed by atoms with Crippen molar-refractivity contribution in [2.75, 3.05) is 19.4 Å². The number of nitrogens with two attached hydrogens (primary N) is 1. The van der Waals surface area contributed by atoms with Gasteiger partial charge >= 0.3 is 0 Å². The maximum Gasteiger partial charge on any atom is 0.268 e. The van der Waals surface area contributed by atoms with Gasteiger partial charge in [-0.25, -0.2) is 0 Å². The van der Waals surface area contributed by atoms with Crippen LogP contribution in [0.25, 0.3) is 0 Å². The van der Waals surface area contributed by atoms with Crippen molar-refractivity contribution in [3.05, 3.63) is 18.0 Å². The zero-order chi connectivity index (χ0) is 12.1. The molecule has 1 heterocycles. The standard InChI is InChI=1S/C11H19N3O2/c1-4-14-7-9(12)5-10(14)11(15)13-6-8(2)16-3/h5,7-8H,4,6,12H2,1-3H3,(H,13,15). The van der Waals surface area contributed by atoms with Gasteiger partial charge in [0, 0.05) is 26.4 Å². The lowest BCUT2D eigenvalue weighted by Gasteiger charge is -2.11. The summed E-state index contributed by atoms with van der Waals surface area (Å²) in [5.41, 5.74) is 6.84. The van der Waals surface area contributed by atoms with Gasteiger partial charge in [0.05, 0.1) is 11.8 Å². The Balaban J connectivity index is 2.65. The van der Waals surface area contributed by atoms with E-state index < -0.39 is 0 Å². The monoisotopic (exact) mass is 225 g/mol. The number of aromatic nitrogens is 1. The summed E-state index contributed by atoms with van der Waals surface area (Å²) in [4.78, 5) is 11.8. The van der Waals surface area contributed by atoms with Crippen LogP contribution < -0.4 is 11.1 Å². The minimum atomic E-state index is -0.123. The minimum absolute atomic E-state index is 0.00587. The number of ether oxygens (including phenoxy) is 1. The highest BCUT2D eigenvalue weighted by Gasteiger charge is 2.12. The molecule has 16 heavy (non-hydrogen) atoms. The largest absolute Gasteiger partial charge is 0.397 e. The molecular formula is C11H19N3O2. The molecule has 0 fully saturated rings. The van der Waals surface area contributed by atoms with Crippen molar-refractivity contribution in [3.8, 4) is 0 Å². The molecule has 0 bridgehead atoms. The number of carbonyl (C=O) groups excluding carboxylic acids is 1. The predicted molar refractivity (Wildman–Crippen MR) is 63.3 cm³/mol. The summed E-state index contributed by atoms with van der Waals surface area (Å²) in [5, 5.41) is 2.80. The van der Waals surface area contributed by atoms with Crippen molar-refractivity contribution in [1.82, 2.24) is 9.88 Å². The Labute approximate surface area is 95.6 Å². The molecule has 1 aromatic rings. The molecule has 90 valence electrons. The Morgan fingerprint density at radius 1 is 1.69 bits per heavy atom. The number of rotatable bonds is 5. The second kappa shape index (κ2) is 5.55. The highest BCUT2D eigenvalue weighted by atomic mass is 16.5. The van der Waals surface area contributed by atoms with Crippen LogP contribution in [0.4, 0.5) is 5.69 Å². The number of nitrogens with zero attached hydrogens (tertiary/aromatic N) is 1. The van der Waals surface area contributed by atoms with Gasteiger partial charge in [0.2, 0.25) is 0 Å². The van der Waals surface area contributed by atoms with Crippen molar-refractivity contribution >= 4 is 11.6 Å². The summed E-state index contributed by atoms with van der Waals surface area (Å²) in [7, 11) is 1.61. The molecule has 5 nitrogen and oxygen atoms in total. The molecule has 0 aliphatic rings. The van der Waals surface area contributed by atoms with E-state index in [9.17, 15) is 4.79 Å². The molecule has 0 saturated carbocycles. The van der Waals surface area contributed by atoms with Gasteiger partial charge in [0.15, 0.2) is 0 Å². The third-order valence-corrected chi connectivity index (χ3v) is 2.44. The fourth-order valence-corrected chi connectivity index (χ4v) is 1.40. The van der Waals surface area contributed by atoms with Gasteiger partial charge in [0.25, 0.3) is 5.91 Å². The first kappa shape index (κ1) is 12.6. The first-order valence-electron chi connectivity index (χ1n) is 5.35. The van der Waals surface area contributed by atoms with E-state index in [1.807, 2.05) is 18.4 Å². The zero-order valence-corrected chi connectivity index (χ0v) is 9.99. The molecule has 1 aromatic heterocycles. The Bertz CT molecular complexity index is 360. The molecule has 0 spiro atoms. The fraction of sp³-hybridized carbons (Fsp3) is 0.545. The molecule has 0 radical (unpaired) electrons. The van der Waals surface area contributed by atoms with Crippen molar-refractivity contribution in [2.24, 2.45) is 0 Å². The number of nitrogens with one attached hydrogen (secondary N) is 1. The molecule has 0 aliphatic heterocycles. The molecule has 0 aromatic carbocycles. The van der Waals surface area contributed by atoms with E-state index in [4.69, 9.17) is 10.5 Å². The SMILES string of the molecule is CCn1cc(N)cc1C(=O)NCC(C)OC. The number of nitrogen functional groups attached to an aromatic ring is 1. The van der Waals surface area contributed by atoms with Crippen molar-refractivity contribution in [3.63, 3.8) is 0 Å². The van der Waals surface area contributed by atoms with Gasteiger partial charge in [0.1, 0.15) is 5.69 Å². The highest BCUT2D eigenvalue weighted by Crippen LogP contribution is 2.10. The van der Waals surface area contributed by atoms with E-state index in [1.165, 1.54) is 0 Å². The van der Waals surface area contributed by atoms with Gasteiger partial charge in [-0.15, -0.1) is 0 Å². The number of anilines is 1. The number of hydrogen-bond acceptors (Lipinski definition) is 3. The first-order chi connectivity index (χ1) is 7.58. The van der Waals surface area contributed by atoms with Crippen molar-refractivity contribution in [2.45, 2.75) is 26.5 Å². The number of methoxy groups -OCH3 is 1. The smallest absolute Gasteiger partial charge is 0.268 e. The van der Waals surface area contributed by atoms with Crippen LogP contribution in [0.5, 0.6) is 0 Å². The van der Waals surface area contributed by atoms with E-state index in [2.05, 4.69) is 5.32 Å². The lowest BCUT2D eigenvalue weighted by Crippen LogP contribution is -2.32.